The zero-order chi connectivity index (χ0) is 17.4. The fourth-order valence-electron chi connectivity index (χ4n) is 2.01. The van der Waals surface area contributed by atoms with Crippen molar-refractivity contribution in [3.63, 3.8) is 0 Å². The van der Waals surface area contributed by atoms with Crippen molar-refractivity contribution in [2.45, 2.75) is 32.9 Å². The number of nitrogens with one attached hydrogen (secondary N) is 2. The molecule has 138 valence electrons. The summed E-state index contributed by atoms with van der Waals surface area (Å²) in [4.78, 5) is 8.24. The molecule has 0 aliphatic heterocycles. The summed E-state index contributed by atoms with van der Waals surface area (Å²) in [5.41, 5.74) is 0. The maximum atomic E-state index is 13.2. The summed E-state index contributed by atoms with van der Waals surface area (Å²) in [6.45, 7) is 4.67. The van der Waals surface area contributed by atoms with Gasteiger partial charge in [-0.05, 0) is 18.6 Å². The van der Waals surface area contributed by atoms with Gasteiger partial charge in [-0.1, -0.05) is 18.1 Å². The maximum Gasteiger partial charge on any atom is 0.223 e. The zero-order valence-corrected chi connectivity index (χ0v) is 16.8. The Morgan fingerprint density at radius 2 is 2.20 bits per heavy atom. The van der Waals surface area contributed by atoms with Crippen LogP contribution in [-0.2, 0) is 6.54 Å². The van der Waals surface area contributed by atoms with Crippen LogP contribution >= 0.6 is 24.0 Å². The SMILES string of the molecule is CCC(CNC(=NC)NCc1noc(C)n1)Oc1cccc(F)c1.I. The van der Waals surface area contributed by atoms with Crippen molar-refractivity contribution in [2.75, 3.05) is 13.6 Å². The molecule has 1 atom stereocenters. The number of aryl methyl sites for hydroxylation is 1. The average Bonchev–Trinajstić information content (AvgIpc) is 2.99. The van der Waals surface area contributed by atoms with E-state index in [0.717, 1.165) is 6.42 Å². The van der Waals surface area contributed by atoms with Gasteiger partial charge in [0.05, 0.1) is 13.1 Å². The number of halogens is 2. The topological polar surface area (TPSA) is 84.6 Å². The van der Waals surface area contributed by atoms with Crippen LogP contribution < -0.4 is 15.4 Å². The third kappa shape index (κ3) is 7.24. The lowest BCUT2D eigenvalue weighted by Gasteiger charge is -2.19. The second-order valence-corrected chi connectivity index (χ2v) is 5.14. The van der Waals surface area contributed by atoms with Gasteiger partial charge in [0.25, 0.3) is 0 Å². The molecule has 0 fully saturated rings. The molecule has 0 saturated heterocycles. The molecule has 0 amide bonds. The highest BCUT2D eigenvalue weighted by atomic mass is 127. The Balaban J connectivity index is 0.00000312. The highest BCUT2D eigenvalue weighted by molar-refractivity contribution is 14.0. The van der Waals surface area contributed by atoms with E-state index >= 15 is 0 Å². The Kier molecular flexibility index (Phi) is 9.17. The van der Waals surface area contributed by atoms with Crippen molar-refractivity contribution in [1.29, 1.82) is 0 Å². The Morgan fingerprint density at radius 1 is 1.40 bits per heavy atom. The summed E-state index contributed by atoms with van der Waals surface area (Å²) in [6.07, 6.45) is 0.655. The van der Waals surface area contributed by atoms with E-state index < -0.39 is 0 Å². The van der Waals surface area contributed by atoms with E-state index in [1.807, 2.05) is 6.92 Å². The predicted octanol–water partition coefficient (Wildman–Crippen LogP) is 2.66. The number of guanidine groups is 1. The monoisotopic (exact) mass is 463 g/mol. The molecular weight excluding hydrogens is 440 g/mol. The van der Waals surface area contributed by atoms with Crippen molar-refractivity contribution < 1.29 is 13.7 Å². The first-order chi connectivity index (χ1) is 11.6. The first-order valence-electron chi connectivity index (χ1n) is 7.76. The van der Waals surface area contributed by atoms with Crippen LogP contribution in [0.15, 0.2) is 33.8 Å². The first kappa shape index (κ1) is 21.1. The lowest BCUT2D eigenvalue weighted by molar-refractivity contribution is 0.198. The van der Waals surface area contributed by atoms with Crippen LogP contribution in [0.3, 0.4) is 0 Å². The number of hydrogen-bond donors (Lipinski definition) is 2. The molecule has 1 aromatic carbocycles. The minimum Gasteiger partial charge on any atom is -0.489 e. The van der Waals surface area contributed by atoms with Gasteiger partial charge in [0.1, 0.15) is 17.7 Å². The molecule has 0 spiro atoms. The molecule has 2 N–H and O–H groups in total. The van der Waals surface area contributed by atoms with E-state index in [2.05, 4.69) is 25.8 Å². The summed E-state index contributed by atoms with van der Waals surface area (Å²) in [7, 11) is 1.67. The molecule has 0 aliphatic rings. The van der Waals surface area contributed by atoms with Crippen LogP contribution in [0.2, 0.25) is 0 Å². The minimum absolute atomic E-state index is 0. The lowest BCUT2D eigenvalue weighted by Crippen LogP contribution is -2.42. The van der Waals surface area contributed by atoms with E-state index in [1.165, 1.54) is 12.1 Å². The largest absolute Gasteiger partial charge is 0.489 e. The maximum absolute atomic E-state index is 13.2. The van der Waals surface area contributed by atoms with E-state index in [1.54, 1.807) is 26.1 Å². The smallest absolute Gasteiger partial charge is 0.223 e. The lowest BCUT2D eigenvalue weighted by atomic mass is 10.2. The number of rotatable bonds is 7. The molecule has 7 nitrogen and oxygen atoms in total. The quantitative estimate of drug-likeness (QED) is 0.373. The number of benzene rings is 1. The van der Waals surface area contributed by atoms with Crippen LogP contribution in [-0.4, -0.2) is 35.8 Å². The number of hydrogen-bond acceptors (Lipinski definition) is 5. The molecule has 0 saturated carbocycles. The molecule has 0 bridgehead atoms. The van der Waals surface area contributed by atoms with Gasteiger partial charge in [0.2, 0.25) is 5.89 Å². The summed E-state index contributed by atoms with van der Waals surface area (Å²) in [5, 5.41) is 10.1. The van der Waals surface area contributed by atoms with Crippen molar-refractivity contribution in [3.05, 3.63) is 41.8 Å². The molecule has 0 aliphatic carbocycles. The molecule has 2 aromatic rings. The second-order valence-electron chi connectivity index (χ2n) is 5.14. The molecule has 1 heterocycles. The Morgan fingerprint density at radius 3 is 2.80 bits per heavy atom. The number of aliphatic imine (C=N–C) groups is 1. The summed E-state index contributed by atoms with van der Waals surface area (Å²) in [5.74, 6) is 1.86. The van der Waals surface area contributed by atoms with Crippen LogP contribution in [0.1, 0.15) is 25.1 Å². The van der Waals surface area contributed by atoms with Crippen molar-refractivity contribution >= 4 is 29.9 Å². The second kappa shape index (κ2) is 10.9. The van der Waals surface area contributed by atoms with Gasteiger partial charge < -0.3 is 19.9 Å². The van der Waals surface area contributed by atoms with E-state index in [4.69, 9.17) is 9.26 Å². The minimum atomic E-state index is -0.316. The molecule has 1 unspecified atom stereocenters. The third-order valence-electron chi connectivity index (χ3n) is 3.26. The molecule has 9 heteroatoms. The summed E-state index contributed by atoms with van der Waals surface area (Å²) < 4.78 is 23.9. The van der Waals surface area contributed by atoms with Gasteiger partial charge in [0.15, 0.2) is 11.8 Å². The number of aromatic nitrogens is 2. The van der Waals surface area contributed by atoms with Gasteiger partial charge in [-0.3, -0.25) is 4.99 Å². The van der Waals surface area contributed by atoms with Crippen LogP contribution in [0.5, 0.6) is 5.75 Å². The molecule has 2 rings (SSSR count). The van der Waals surface area contributed by atoms with Crippen molar-refractivity contribution in [1.82, 2.24) is 20.8 Å². The summed E-state index contributed by atoms with van der Waals surface area (Å²) >= 11 is 0. The molecule has 25 heavy (non-hydrogen) atoms. The predicted molar refractivity (Wildman–Crippen MR) is 104 cm³/mol. The summed E-state index contributed by atoms with van der Waals surface area (Å²) in [6, 6.07) is 6.11. The first-order valence-corrected chi connectivity index (χ1v) is 7.76. The third-order valence-corrected chi connectivity index (χ3v) is 3.26. The number of nitrogens with zero attached hydrogens (tertiary/aromatic N) is 3. The molecule has 1 aromatic heterocycles. The Bertz CT molecular complexity index is 680. The van der Waals surface area contributed by atoms with E-state index in [9.17, 15) is 4.39 Å². The highest BCUT2D eigenvalue weighted by Crippen LogP contribution is 2.14. The Labute approximate surface area is 163 Å². The van der Waals surface area contributed by atoms with Gasteiger partial charge in [0, 0.05) is 20.0 Å². The Hall–Kier alpha value is -1.91. The van der Waals surface area contributed by atoms with Gasteiger partial charge >= 0.3 is 0 Å². The van der Waals surface area contributed by atoms with Gasteiger partial charge in [-0.15, -0.1) is 24.0 Å². The van der Waals surface area contributed by atoms with Crippen LogP contribution in [0, 0.1) is 12.7 Å². The van der Waals surface area contributed by atoms with Crippen molar-refractivity contribution in [2.24, 2.45) is 4.99 Å². The van der Waals surface area contributed by atoms with E-state index in [0.29, 0.717) is 36.5 Å². The van der Waals surface area contributed by atoms with Gasteiger partial charge in [-0.25, -0.2) is 4.39 Å². The zero-order valence-electron chi connectivity index (χ0n) is 14.5. The van der Waals surface area contributed by atoms with Crippen LogP contribution in [0.4, 0.5) is 4.39 Å². The fourth-order valence-corrected chi connectivity index (χ4v) is 2.01. The molecular formula is C16H23FIN5O2. The van der Waals surface area contributed by atoms with Crippen LogP contribution in [0.25, 0.3) is 0 Å². The van der Waals surface area contributed by atoms with E-state index in [-0.39, 0.29) is 35.9 Å². The number of ether oxygens (including phenoxy) is 1. The average molecular weight is 463 g/mol. The highest BCUT2D eigenvalue weighted by Gasteiger charge is 2.10. The standard InChI is InChI=1S/C16H22FN5O2.HI/c1-4-13(23-14-7-5-6-12(17)8-14)9-19-16(18-3)20-10-15-21-11(2)24-22-15;/h5-8,13H,4,9-10H2,1-3H3,(H2,18,19,20);1H. The van der Waals surface area contributed by atoms with Gasteiger partial charge in [-0.2, -0.15) is 4.98 Å². The normalized spacial score (nSPS) is 12.2. The fraction of sp³-hybridized carbons (Fsp3) is 0.438. The molecule has 0 radical (unpaired) electrons. The van der Waals surface area contributed by atoms with Crippen molar-refractivity contribution in [3.8, 4) is 5.75 Å².